The van der Waals surface area contributed by atoms with E-state index in [9.17, 15) is 9.59 Å². The minimum atomic E-state index is -0.962. The zero-order chi connectivity index (χ0) is 19.3. The van der Waals surface area contributed by atoms with E-state index in [1.807, 2.05) is 53.2 Å². The van der Waals surface area contributed by atoms with Crippen LogP contribution in [0.1, 0.15) is 16.1 Å². The molecule has 0 aliphatic heterocycles. The fourth-order valence-corrected chi connectivity index (χ4v) is 4.23. The number of benzene rings is 2. The molecule has 6 nitrogen and oxygen atoms in total. The van der Waals surface area contributed by atoms with Crippen LogP contribution in [0.4, 0.5) is 0 Å². The van der Waals surface area contributed by atoms with E-state index in [-0.39, 0.29) is 11.1 Å². The van der Waals surface area contributed by atoms with Crippen LogP contribution >= 0.6 is 11.3 Å². The van der Waals surface area contributed by atoms with Crippen LogP contribution in [0.5, 0.6) is 0 Å². The van der Waals surface area contributed by atoms with E-state index in [1.54, 1.807) is 28.7 Å². The van der Waals surface area contributed by atoms with E-state index >= 15 is 0 Å². The number of nitrogens with zero attached hydrogens (tertiary/aromatic N) is 3. The fraction of sp³-hybridized carbons (Fsp3) is 0. The topological polar surface area (TPSA) is 76.6 Å². The Kier molecular flexibility index (Phi) is 3.63. The summed E-state index contributed by atoms with van der Waals surface area (Å²) in [4.78, 5) is 29.2. The maximum absolute atomic E-state index is 12.9. The number of para-hydroxylation sites is 2. The van der Waals surface area contributed by atoms with Gasteiger partial charge in [0.25, 0.3) is 5.56 Å². The van der Waals surface area contributed by atoms with Crippen LogP contribution in [-0.2, 0) is 0 Å². The molecule has 0 saturated carbocycles. The summed E-state index contributed by atoms with van der Waals surface area (Å²) in [5.41, 5.74) is 3.39. The van der Waals surface area contributed by atoms with Gasteiger partial charge in [0.05, 0.1) is 21.1 Å². The van der Waals surface area contributed by atoms with Gasteiger partial charge in [-0.2, -0.15) is 0 Å². The first-order valence-corrected chi connectivity index (χ1v) is 9.36. The smallest absolute Gasteiger partial charge is 0.335 e. The lowest BCUT2D eigenvalue weighted by atomic mass is 10.2. The molecule has 5 rings (SSSR count). The first-order valence-electron chi connectivity index (χ1n) is 8.54. The average Bonchev–Trinajstić information content (AvgIpc) is 3.38. The van der Waals surface area contributed by atoms with E-state index < -0.39 is 5.97 Å². The monoisotopic (exact) mass is 387 g/mol. The van der Waals surface area contributed by atoms with Crippen molar-refractivity contribution >= 4 is 39.4 Å². The zero-order valence-corrected chi connectivity index (χ0v) is 15.3. The number of hydrogen-bond acceptors (Lipinski definition) is 4. The first kappa shape index (κ1) is 16.5. The Hall–Kier alpha value is -3.71. The number of aromatic nitrogens is 3. The number of carbonyl (C=O) groups is 1. The van der Waals surface area contributed by atoms with Crippen molar-refractivity contribution in [1.29, 1.82) is 0 Å². The average molecular weight is 387 g/mol. The molecule has 0 unspecified atom stereocenters. The molecule has 0 aliphatic carbocycles. The molecular formula is C21H13N3O3S. The lowest BCUT2D eigenvalue weighted by Crippen LogP contribution is -2.23. The predicted octanol–water partition coefficient (Wildman–Crippen LogP) is 2.95. The lowest BCUT2D eigenvalue weighted by Gasteiger charge is -2.06. The van der Waals surface area contributed by atoms with Crippen molar-refractivity contribution in [1.82, 2.24) is 14.0 Å². The number of carboxylic acid groups (broad SMARTS) is 1. The van der Waals surface area contributed by atoms with Crippen molar-refractivity contribution in [2.45, 2.75) is 0 Å². The third-order valence-corrected chi connectivity index (χ3v) is 5.57. The summed E-state index contributed by atoms with van der Waals surface area (Å²) in [7, 11) is 0. The highest BCUT2D eigenvalue weighted by Crippen LogP contribution is 2.17. The van der Waals surface area contributed by atoms with Crippen molar-refractivity contribution < 1.29 is 9.90 Å². The standard InChI is InChI=1S/C21H13N3O3S/c25-19-18(28-21-22-16-5-1-2-6-17(16)24(19)21)12-15-4-3-11-23(15)14-9-7-13(8-10-14)20(26)27/h1-12H,(H,26,27)/b18-12-. The van der Waals surface area contributed by atoms with Crippen molar-refractivity contribution in [3.63, 3.8) is 0 Å². The first-order chi connectivity index (χ1) is 13.6. The van der Waals surface area contributed by atoms with Crippen LogP contribution < -0.4 is 10.1 Å². The normalized spacial score (nSPS) is 12.2. The highest BCUT2D eigenvalue weighted by molar-refractivity contribution is 7.15. The molecule has 0 aliphatic rings. The second-order valence-electron chi connectivity index (χ2n) is 6.29. The number of carboxylic acids is 1. The van der Waals surface area contributed by atoms with E-state index in [4.69, 9.17) is 5.11 Å². The Morgan fingerprint density at radius 3 is 2.61 bits per heavy atom. The van der Waals surface area contributed by atoms with Gasteiger partial charge in [0, 0.05) is 17.6 Å². The molecule has 0 bridgehead atoms. The molecule has 0 saturated heterocycles. The molecule has 1 N–H and O–H groups in total. The minimum absolute atomic E-state index is 0.0947. The second kappa shape index (κ2) is 6.17. The maximum Gasteiger partial charge on any atom is 0.335 e. The summed E-state index contributed by atoms with van der Waals surface area (Å²) < 4.78 is 4.14. The van der Waals surface area contributed by atoms with Crippen molar-refractivity contribution in [2.24, 2.45) is 0 Å². The summed E-state index contributed by atoms with van der Waals surface area (Å²) in [6.07, 6.45) is 3.71. The molecular weight excluding hydrogens is 374 g/mol. The molecule has 0 amide bonds. The van der Waals surface area contributed by atoms with Gasteiger partial charge < -0.3 is 9.67 Å². The number of hydrogen-bond donors (Lipinski definition) is 1. The van der Waals surface area contributed by atoms with Gasteiger partial charge in [-0.15, -0.1) is 0 Å². The Bertz CT molecular complexity index is 1460. The highest BCUT2D eigenvalue weighted by Gasteiger charge is 2.11. The molecule has 136 valence electrons. The van der Waals surface area contributed by atoms with E-state index in [0.29, 0.717) is 9.49 Å². The third kappa shape index (κ3) is 2.52. The van der Waals surface area contributed by atoms with Crippen molar-refractivity contribution in [2.75, 3.05) is 0 Å². The minimum Gasteiger partial charge on any atom is -0.478 e. The Morgan fingerprint density at radius 1 is 1.04 bits per heavy atom. The number of rotatable bonds is 3. The summed E-state index contributed by atoms with van der Waals surface area (Å²) in [5, 5.41) is 9.06. The van der Waals surface area contributed by atoms with E-state index in [2.05, 4.69) is 4.98 Å². The van der Waals surface area contributed by atoms with Gasteiger partial charge in [-0.05, 0) is 54.6 Å². The zero-order valence-electron chi connectivity index (χ0n) is 14.4. The molecule has 0 atom stereocenters. The Morgan fingerprint density at radius 2 is 1.82 bits per heavy atom. The number of fused-ring (bicyclic) bond motifs is 3. The summed E-state index contributed by atoms with van der Waals surface area (Å²) in [6, 6.07) is 18.0. The van der Waals surface area contributed by atoms with Crippen LogP contribution in [-0.4, -0.2) is 25.0 Å². The SMILES string of the molecule is O=C(O)c1ccc(-n2cccc2/C=c2\sc3nc4ccccc4n3c2=O)cc1. The number of thiazole rings is 1. The van der Waals surface area contributed by atoms with Crippen LogP contribution in [0.15, 0.2) is 71.7 Å². The largest absolute Gasteiger partial charge is 0.478 e. The van der Waals surface area contributed by atoms with Crippen molar-refractivity contribution in [3.05, 3.63) is 93.0 Å². The van der Waals surface area contributed by atoms with Gasteiger partial charge >= 0.3 is 5.97 Å². The molecule has 0 radical (unpaired) electrons. The molecule has 0 spiro atoms. The molecule has 0 fully saturated rings. The van der Waals surface area contributed by atoms with Gasteiger partial charge in [0.2, 0.25) is 0 Å². The molecule has 7 heteroatoms. The summed E-state index contributed by atoms with van der Waals surface area (Å²) in [5.74, 6) is -0.962. The van der Waals surface area contributed by atoms with Gasteiger partial charge in [0.15, 0.2) is 4.96 Å². The predicted molar refractivity (Wildman–Crippen MR) is 108 cm³/mol. The van der Waals surface area contributed by atoms with Crippen LogP contribution in [0.3, 0.4) is 0 Å². The van der Waals surface area contributed by atoms with Crippen LogP contribution in [0.25, 0.3) is 27.8 Å². The third-order valence-electron chi connectivity index (χ3n) is 4.60. The van der Waals surface area contributed by atoms with Crippen molar-refractivity contribution in [3.8, 4) is 5.69 Å². The number of aromatic carboxylic acids is 1. The van der Waals surface area contributed by atoms with Gasteiger partial charge in [-0.1, -0.05) is 23.5 Å². The van der Waals surface area contributed by atoms with E-state index in [0.717, 1.165) is 22.4 Å². The van der Waals surface area contributed by atoms with Gasteiger partial charge in [0.1, 0.15) is 0 Å². The summed E-state index contributed by atoms with van der Waals surface area (Å²) >= 11 is 1.35. The molecule has 28 heavy (non-hydrogen) atoms. The van der Waals surface area contributed by atoms with Gasteiger partial charge in [-0.3, -0.25) is 4.79 Å². The fourth-order valence-electron chi connectivity index (χ4n) is 3.26. The summed E-state index contributed by atoms with van der Waals surface area (Å²) in [6.45, 7) is 0. The quantitative estimate of drug-likeness (QED) is 0.516. The number of imidazole rings is 1. The van der Waals surface area contributed by atoms with Crippen LogP contribution in [0.2, 0.25) is 0 Å². The Balaban J connectivity index is 1.65. The van der Waals surface area contributed by atoms with E-state index in [1.165, 1.54) is 11.3 Å². The molecule has 5 aromatic rings. The second-order valence-corrected chi connectivity index (χ2v) is 7.30. The lowest BCUT2D eigenvalue weighted by molar-refractivity contribution is 0.0697. The molecule has 3 aromatic heterocycles. The highest BCUT2D eigenvalue weighted by atomic mass is 32.1. The molecule has 2 aromatic carbocycles. The van der Waals surface area contributed by atoms with Gasteiger partial charge in [-0.25, -0.2) is 14.2 Å². The van der Waals surface area contributed by atoms with Crippen LogP contribution in [0, 0.1) is 0 Å². The maximum atomic E-state index is 12.9. The molecule has 3 heterocycles. The Labute approximate surface area is 162 Å².